The van der Waals surface area contributed by atoms with Crippen molar-refractivity contribution in [3.63, 3.8) is 0 Å². The largest absolute Gasteiger partial charge is 0.493 e. The van der Waals surface area contributed by atoms with E-state index in [1.807, 2.05) is 13.0 Å². The summed E-state index contributed by atoms with van der Waals surface area (Å²) in [5, 5.41) is 11.6. The van der Waals surface area contributed by atoms with Crippen molar-refractivity contribution in [3.05, 3.63) is 64.2 Å². The zero-order valence-electron chi connectivity index (χ0n) is 25.2. The molecule has 0 atom stereocenters. The van der Waals surface area contributed by atoms with Crippen LogP contribution in [0.25, 0.3) is 0 Å². The molecule has 0 bridgehead atoms. The van der Waals surface area contributed by atoms with Gasteiger partial charge in [0.1, 0.15) is 5.75 Å². The molecule has 0 fully saturated rings. The van der Waals surface area contributed by atoms with Crippen LogP contribution in [0.1, 0.15) is 119 Å². The van der Waals surface area contributed by atoms with Gasteiger partial charge in [-0.05, 0) is 85.8 Å². The van der Waals surface area contributed by atoms with Gasteiger partial charge in [-0.3, -0.25) is 14.8 Å². The van der Waals surface area contributed by atoms with Gasteiger partial charge in [0.2, 0.25) is 5.91 Å². The summed E-state index contributed by atoms with van der Waals surface area (Å²) in [4.78, 5) is 23.9. The van der Waals surface area contributed by atoms with Gasteiger partial charge in [0, 0.05) is 23.9 Å². The van der Waals surface area contributed by atoms with Crippen molar-refractivity contribution in [2.24, 2.45) is 5.41 Å². The van der Waals surface area contributed by atoms with Gasteiger partial charge >= 0.3 is 0 Å². The monoisotopic (exact) mass is 538 g/mol. The third-order valence-corrected chi connectivity index (χ3v) is 7.81. The van der Waals surface area contributed by atoms with E-state index in [-0.39, 0.29) is 22.6 Å². The lowest BCUT2D eigenvalue weighted by Gasteiger charge is -2.34. The molecule has 0 aliphatic carbocycles. The topological polar surface area (TPSA) is 87.7 Å². The van der Waals surface area contributed by atoms with Crippen LogP contribution in [0.15, 0.2) is 36.4 Å². The summed E-state index contributed by atoms with van der Waals surface area (Å²) in [7, 11) is 0. The molecule has 0 saturated heterocycles. The van der Waals surface area contributed by atoms with Crippen molar-refractivity contribution in [1.82, 2.24) is 10.8 Å². The highest BCUT2D eigenvalue weighted by Crippen LogP contribution is 2.41. The third kappa shape index (κ3) is 9.38. The van der Waals surface area contributed by atoms with Crippen LogP contribution in [0.5, 0.6) is 5.75 Å². The van der Waals surface area contributed by atoms with Gasteiger partial charge in [0.15, 0.2) is 0 Å². The Bertz CT molecular complexity index is 1080. The fourth-order valence-electron chi connectivity index (χ4n) is 5.14. The molecule has 2 aromatic rings. The molecule has 3 N–H and O–H groups in total. The van der Waals surface area contributed by atoms with E-state index in [0.29, 0.717) is 25.1 Å². The molecule has 6 heteroatoms. The first-order chi connectivity index (χ1) is 18.5. The molecule has 2 rings (SSSR count). The van der Waals surface area contributed by atoms with Gasteiger partial charge in [-0.15, -0.1) is 0 Å². The minimum absolute atomic E-state index is 0.0510. The van der Waals surface area contributed by atoms with E-state index in [0.717, 1.165) is 61.8 Å². The minimum atomic E-state index is -0.356. The van der Waals surface area contributed by atoms with Crippen LogP contribution in [0.4, 0.5) is 0 Å². The number of carbonyl (C=O) groups excluding carboxylic acids is 2. The number of hydrogen-bond donors (Lipinski definition) is 3. The fourth-order valence-corrected chi connectivity index (χ4v) is 5.14. The van der Waals surface area contributed by atoms with Crippen molar-refractivity contribution < 1.29 is 19.5 Å². The second-order valence-electron chi connectivity index (χ2n) is 11.9. The molecule has 216 valence electrons. The summed E-state index contributed by atoms with van der Waals surface area (Å²) in [6, 6.07) is 12.8. The van der Waals surface area contributed by atoms with Crippen molar-refractivity contribution in [2.45, 2.75) is 105 Å². The van der Waals surface area contributed by atoms with E-state index in [2.05, 4.69) is 77.2 Å². The number of hydroxylamine groups is 1. The van der Waals surface area contributed by atoms with Crippen LogP contribution in [0, 0.1) is 19.3 Å². The van der Waals surface area contributed by atoms with E-state index in [9.17, 15) is 9.59 Å². The van der Waals surface area contributed by atoms with Crippen LogP contribution in [-0.2, 0) is 10.2 Å². The molecule has 0 heterocycles. The number of benzene rings is 2. The van der Waals surface area contributed by atoms with Crippen LogP contribution < -0.4 is 15.5 Å². The quantitative estimate of drug-likeness (QED) is 0.125. The Kier molecular flexibility index (Phi) is 12.5. The predicted octanol–water partition coefficient (Wildman–Crippen LogP) is 7.41. The Morgan fingerprint density at radius 2 is 1.49 bits per heavy atom. The van der Waals surface area contributed by atoms with E-state index in [1.54, 1.807) is 5.48 Å². The van der Waals surface area contributed by atoms with Gasteiger partial charge in [-0.2, -0.15) is 0 Å². The molecule has 0 unspecified atom stereocenters. The summed E-state index contributed by atoms with van der Waals surface area (Å²) in [5.74, 6) is 0.540. The number of hydrogen-bond acceptors (Lipinski definition) is 4. The maximum absolute atomic E-state index is 12.9. The molecule has 0 aromatic heterocycles. The first-order valence-electron chi connectivity index (χ1n) is 14.5. The average molecular weight is 539 g/mol. The van der Waals surface area contributed by atoms with Gasteiger partial charge in [0.05, 0.1) is 6.61 Å². The molecule has 0 radical (unpaired) electrons. The lowest BCUT2D eigenvalue weighted by atomic mass is 9.70. The molecule has 0 aliphatic rings. The summed E-state index contributed by atoms with van der Waals surface area (Å²) >= 11 is 0. The lowest BCUT2D eigenvalue weighted by molar-refractivity contribution is -0.129. The van der Waals surface area contributed by atoms with E-state index < -0.39 is 0 Å². The molecule has 2 amide bonds. The smallest absolute Gasteiger partial charge is 0.251 e. The first-order valence-corrected chi connectivity index (χ1v) is 14.5. The van der Waals surface area contributed by atoms with E-state index >= 15 is 0 Å². The molecule has 39 heavy (non-hydrogen) atoms. The van der Waals surface area contributed by atoms with Crippen molar-refractivity contribution in [1.29, 1.82) is 0 Å². The Morgan fingerprint density at radius 1 is 0.872 bits per heavy atom. The lowest BCUT2D eigenvalue weighted by Crippen LogP contribution is -2.28. The van der Waals surface area contributed by atoms with Crippen LogP contribution in [0.3, 0.4) is 0 Å². The summed E-state index contributed by atoms with van der Waals surface area (Å²) < 4.78 is 6.12. The Morgan fingerprint density at radius 3 is 2.05 bits per heavy atom. The maximum atomic E-state index is 12.9. The average Bonchev–Trinajstić information content (AvgIpc) is 2.89. The number of aryl methyl sites for hydroxylation is 2. The third-order valence-electron chi connectivity index (χ3n) is 7.81. The highest BCUT2D eigenvalue weighted by molar-refractivity contribution is 5.95. The second kappa shape index (κ2) is 15.1. The van der Waals surface area contributed by atoms with Gasteiger partial charge in [-0.25, -0.2) is 5.48 Å². The minimum Gasteiger partial charge on any atom is -0.493 e. The number of rotatable bonds is 15. The van der Waals surface area contributed by atoms with E-state index in [4.69, 9.17) is 9.94 Å². The predicted molar refractivity (Wildman–Crippen MR) is 159 cm³/mol. The Labute approximate surface area is 235 Å². The zero-order chi connectivity index (χ0) is 29.1. The number of amides is 2. The summed E-state index contributed by atoms with van der Waals surface area (Å²) in [5.41, 5.74) is 7.10. The summed E-state index contributed by atoms with van der Waals surface area (Å²) in [6.45, 7) is 16.6. The number of nitrogens with one attached hydrogen (secondary N) is 2. The van der Waals surface area contributed by atoms with Gasteiger partial charge in [0.25, 0.3) is 5.91 Å². The standard InChI is InChI=1S/C33H50N2O4/c1-8-33(9-2,27-16-18-29(25(4)23-27)39-21-19-32(5,6)7)26-15-17-28(24(3)22-26)31(37)34-20-13-11-10-12-14-30(36)35-38/h15-18,22-23,38H,8-14,19-21H2,1-7H3,(H,34,37)(H,35,36). The zero-order valence-corrected chi connectivity index (χ0v) is 25.2. The van der Waals surface area contributed by atoms with Crippen LogP contribution >= 0.6 is 0 Å². The van der Waals surface area contributed by atoms with E-state index in [1.165, 1.54) is 11.1 Å². The number of unbranched alkanes of at least 4 members (excludes halogenated alkanes) is 3. The van der Waals surface area contributed by atoms with Crippen molar-refractivity contribution in [2.75, 3.05) is 13.2 Å². The molecular weight excluding hydrogens is 488 g/mol. The van der Waals surface area contributed by atoms with Crippen molar-refractivity contribution >= 4 is 11.8 Å². The first kappa shape index (κ1) is 32.4. The second-order valence-corrected chi connectivity index (χ2v) is 11.9. The molecule has 2 aromatic carbocycles. The molecule has 0 saturated carbocycles. The number of carbonyl (C=O) groups is 2. The normalized spacial score (nSPS) is 11.8. The Hall–Kier alpha value is -2.86. The number of ether oxygens (including phenoxy) is 1. The fraction of sp³-hybridized carbons (Fsp3) is 0.576. The SMILES string of the molecule is CCC(CC)(c1ccc(OCCC(C)(C)C)c(C)c1)c1ccc(C(=O)NCCCCCCC(=O)NO)c(C)c1. The highest BCUT2D eigenvalue weighted by atomic mass is 16.5. The maximum Gasteiger partial charge on any atom is 0.251 e. The molecule has 0 aliphatic heterocycles. The van der Waals surface area contributed by atoms with Gasteiger partial charge < -0.3 is 10.1 Å². The molecule has 6 nitrogen and oxygen atoms in total. The molecule has 0 spiro atoms. The summed E-state index contributed by atoms with van der Waals surface area (Å²) in [6.07, 6.45) is 6.63. The molecular formula is C33H50N2O4. The highest BCUT2D eigenvalue weighted by Gasteiger charge is 2.31. The van der Waals surface area contributed by atoms with Crippen molar-refractivity contribution in [3.8, 4) is 5.75 Å². The van der Waals surface area contributed by atoms with Gasteiger partial charge in [-0.1, -0.05) is 71.7 Å². The van der Waals surface area contributed by atoms with Crippen LogP contribution in [0.2, 0.25) is 0 Å². The Balaban J connectivity index is 2.08. The van der Waals surface area contributed by atoms with Crippen LogP contribution in [-0.4, -0.2) is 30.2 Å².